The maximum absolute atomic E-state index is 13.1. The van der Waals surface area contributed by atoms with Crippen molar-refractivity contribution in [3.05, 3.63) is 45.8 Å². The molecule has 0 aliphatic heterocycles. The molecule has 1 aromatic heterocycles. The molecule has 1 N–H and O–H groups in total. The average Bonchev–Trinajstić information content (AvgIpc) is 3.04. The number of ether oxygens (including phenoxy) is 2. The highest BCUT2D eigenvalue weighted by molar-refractivity contribution is 7.94. The SMILES string of the molecule is CC[C@H](C)c1ccccc1NS(=O)(=O)c1sc(C(=O)OC)c(C)c1C(=O)OC. The fourth-order valence-electron chi connectivity index (χ4n) is 2.73. The second kappa shape index (κ2) is 8.74. The van der Waals surface area contributed by atoms with Crippen LogP contribution in [0.2, 0.25) is 0 Å². The van der Waals surface area contributed by atoms with Crippen LogP contribution in [0.1, 0.15) is 57.3 Å². The number of hydrogen-bond donors (Lipinski definition) is 1. The van der Waals surface area contributed by atoms with Crippen molar-refractivity contribution in [1.82, 2.24) is 0 Å². The molecule has 152 valence electrons. The van der Waals surface area contributed by atoms with Crippen LogP contribution in [-0.2, 0) is 19.5 Å². The summed E-state index contributed by atoms with van der Waals surface area (Å²) in [6.45, 7) is 5.50. The van der Waals surface area contributed by atoms with E-state index in [1.807, 2.05) is 26.0 Å². The average molecular weight is 426 g/mol. The fraction of sp³-hybridized carbons (Fsp3) is 0.368. The molecular formula is C19H23NO6S2. The Balaban J connectivity index is 2.61. The van der Waals surface area contributed by atoms with Crippen LogP contribution >= 0.6 is 11.3 Å². The molecule has 0 fully saturated rings. The molecule has 2 rings (SSSR count). The summed E-state index contributed by atoms with van der Waals surface area (Å²) >= 11 is 0.683. The molecule has 9 heteroatoms. The zero-order chi connectivity index (χ0) is 21.1. The minimum absolute atomic E-state index is 0.0403. The van der Waals surface area contributed by atoms with Gasteiger partial charge < -0.3 is 9.47 Å². The van der Waals surface area contributed by atoms with Crippen LogP contribution in [0.5, 0.6) is 0 Å². The first kappa shape index (κ1) is 21.9. The largest absolute Gasteiger partial charge is 0.465 e. The molecule has 0 unspecified atom stereocenters. The molecule has 0 saturated carbocycles. The molecule has 0 spiro atoms. The van der Waals surface area contributed by atoms with Crippen molar-refractivity contribution < 1.29 is 27.5 Å². The molecule has 1 heterocycles. The van der Waals surface area contributed by atoms with Crippen LogP contribution < -0.4 is 4.72 Å². The van der Waals surface area contributed by atoms with E-state index in [9.17, 15) is 18.0 Å². The van der Waals surface area contributed by atoms with E-state index in [0.717, 1.165) is 19.1 Å². The third-order valence-corrected chi connectivity index (χ3v) is 7.62. The number of sulfonamides is 1. The second-order valence-corrected chi connectivity index (χ2v) is 9.10. The monoisotopic (exact) mass is 425 g/mol. The number of thiophene rings is 1. The number of carbonyl (C=O) groups excluding carboxylic acids is 2. The van der Waals surface area contributed by atoms with Gasteiger partial charge >= 0.3 is 11.9 Å². The van der Waals surface area contributed by atoms with Gasteiger partial charge in [0.1, 0.15) is 4.88 Å². The van der Waals surface area contributed by atoms with Crippen molar-refractivity contribution in [2.45, 2.75) is 37.3 Å². The zero-order valence-electron chi connectivity index (χ0n) is 16.4. The first-order valence-electron chi connectivity index (χ1n) is 8.59. The van der Waals surface area contributed by atoms with E-state index >= 15 is 0 Å². The van der Waals surface area contributed by atoms with Gasteiger partial charge in [-0.05, 0) is 36.5 Å². The summed E-state index contributed by atoms with van der Waals surface area (Å²) in [4.78, 5) is 24.3. The van der Waals surface area contributed by atoms with Crippen LogP contribution in [0.25, 0.3) is 0 Å². The van der Waals surface area contributed by atoms with Crippen molar-refractivity contribution in [2.75, 3.05) is 18.9 Å². The molecule has 0 aliphatic carbocycles. The molecule has 0 bridgehead atoms. The van der Waals surface area contributed by atoms with Crippen LogP contribution in [0.3, 0.4) is 0 Å². The quantitative estimate of drug-likeness (QED) is 0.675. The van der Waals surface area contributed by atoms with Crippen molar-refractivity contribution in [3.63, 3.8) is 0 Å². The van der Waals surface area contributed by atoms with Gasteiger partial charge in [-0.25, -0.2) is 18.0 Å². The molecule has 0 amide bonds. The Morgan fingerprint density at radius 1 is 1.14 bits per heavy atom. The smallest absolute Gasteiger partial charge is 0.348 e. The van der Waals surface area contributed by atoms with Gasteiger partial charge in [-0.15, -0.1) is 11.3 Å². The van der Waals surface area contributed by atoms with Crippen LogP contribution in [0.15, 0.2) is 28.5 Å². The predicted octanol–water partition coefficient (Wildman–Crippen LogP) is 3.94. The van der Waals surface area contributed by atoms with Gasteiger partial charge in [0.2, 0.25) is 0 Å². The molecule has 0 saturated heterocycles. The van der Waals surface area contributed by atoms with Crippen molar-refractivity contribution in [1.29, 1.82) is 0 Å². The maximum Gasteiger partial charge on any atom is 0.348 e. The topological polar surface area (TPSA) is 98.8 Å². The minimum atomic E-state index is -4.15. The van der Waals surface area contributed by atoms with E-state index in [1.165, 1.54) is 14.0 Å². The van der Waals surface area contributed by atoms with E-state index in [0.29, 0.717) is 17.0 Å². The number of carbonyl (C=O) groups is 2. The lowest BCUT2D eigenvalue weighted by atomic mass is 9.97. The Morgan fingerprint density at radius 2 is 1.75 bits per heavy atom. The number of hydrogen-bond acceptors (Lipinski definition) is 7. The highest BCUT2D eigenvalue weighted by atomic mass is 32.2. The van der Waals surface area contributed by atoms with E-state index in [2.05, 4.69) is 4.72 Å². The standard InChI is InChI=1S/C19H23NO6S2/c1-6-11(2)13-9-7-8-10-14(13)20-28(23,24)19-15(17(21)25-4)12(3)16(27-19)18(22)26-5/h7-11,20H,6H2,1-5H3/t11-/m0/s1. The van der Waals surface area contributed by atoms with Gasteiger partial charge in [0, 0.05) is 0 Å². The van der Waals surface area contributed by atoms with Crippen LogP contribution in [-0.4, -0.2) is 34.6 Å². The van der Waals surface area contributed by atoms with E-state index in [4.69, 9.17) is 9.47 Å². The zero-order valence-corrected chi connectivity index (χ0v) is 18.0. The highest BCUT2D eigenvalue weighted by Crippen LogP contribution is 2.35. The summed E-state index contributed by atoms with van der Waals surface area (Å²) in [5.74, 6) is -1.41. The van der Waals surface area contributed by atoms with Gasteiger partial charge in [0.15, 0.2) is 4.21 Å². The third kappa shape index (κ3) is 4.20. The first-order valence-corrected chi connectivity index (χ1v) is 10.9. The lowest BCUT2D eigenvalue weighted by Crippen LogP contribution is -2.17. The van der Waals surface area contributed by atoms with Gasteiger partial charge in [-0.1, -0.05) is 32.0 Å². The summed E-state index contributed by atoms with van der Waals surface area (Å²) in [5, 5.41) is 0. The van der Waals surface area contributed by atoms with Crippen molar-refractivity contribution in [3.8, 4) is 0 Å². The normalized spacial score (nSPS) is 12.3. The lowest BCUT2D eigenvalue weighted by molar-refractivity contribution is 0.0596. The highest BCUT2D eigenvalue weighted by Gasteiger charge is 2.33. The van der Waals surface area contributed by atoms with Gasteiger partial charge in [0.25, 0.3) is 10.0 Å². The predicted molar refractivity (Wildman–Crippen MR) is 108 cm³/mol. The van der Waals surface area contributed by atoms with Gasteiger partial charge in [-0.3, -0.25) is 4.72 Å². The van der Waals surface area contributed by atoms with Crippen molar-refractivity contribution >= 4 is 39.0 Å². The second-order valence-electron chi connectivity index (χ2n) is 6.20. The number of methoxy groups -OCH3 is 2. The maximum atomic E-state index is 13.1. The Labute approximate surface area is 168 Å². The fourth-order valence-corrected chi connectivity index (χ4v) is 5.57. The number of esters is 2. The molecule has 28 heavy (non-hydrogen) atoms. The Morgan fingerprint density at radius 3 is 2.32 bits per heavy atom. The van der Waals surface area contributed by atoms with Crippen LogP contribution in [0, 0.1) is 6.92 Å². The lowest BCUT2D eigenvalue weighted by Gasteiger charge is -2.16. The Bertz CT molecular complexity index is 994. The summed E-state index contributed by atoms with van der Waals surface area (Å²) < 4.78 is 38.0. The summed E-state index contributed by atoms with van der Waals surface area (Å²) in [6, 6.07) is 7.08. The number of anilines is 1. The first-order chi connectivity index (χ1) is 13.2. The minimum Gasteiger partial charge on any atom is -0.465 e. The van der Waals surface area contributed by atoms with E-state index < -0.39 is 22.0 Å². The molecule has 1 aromatic carbocycles. The summed E-state index contributed by atoms with van der Waals surface area (Å²) in [5.41, 5.74) is 1.31. The van der Waals surface area contributed by atoms with Gasteiger partial charge in [-0.2, -0.15) is 0 Å². The summed E-state index contributed by atoms with van der Waals surface area (Å²) in [7, 11) is -1.81. The Kier molecular flexibility index (Phi) is 6.84. The molecule has 1 atom stereocenters. The van der Waals surface area contributed by atoms with Crippen molar-refractivity contribution in [2.24, 2.45) is 0 Å². The number of nitrogens with one attached hydrogen (secondary N) is 1. The summed E-state index contributed by atoms with van der Waals surface area (Å²) in [6.07, 6.45) is 0.830. The number of para-hydroxylation sites is 1. The number of rotatable bonds is 7. The van der Waals surface area contributed by atoms with E-state index in [1.54, 1.807) is 12.1 Å². The van der Waals surface area contributed by atoms with Gasteiger partial charge in [0.05, 0.1) is 25.5 Å². The molecular weight excluding hydrogens is 402 g/mol. The Hall–Kier alpha value is -2.39. The molecule has 2 aromatic rings. The van der Waals surface area contributed by atoms with E-state index in [-0.39, 0.29) is 26.1 Å². The molecule has 0 aliphatic rings. The number of benzene rings is 1. The molecule has 7 nitrogen and oxygen atoms in total. The molecule has 0 radical (unpaired) electrons. The third-order valence-electron chi connectivity index (χ3n) is 4.47. The van der Waals surface area contributed by atoms with Crippen LogP contribution in [0.4, 0.5) is 5.69 Å².